The Labute approximate surface area is 107 Å². The van der Waals surface area contributed by atoms with Crippen LogP contribution in [-0.2, 0) is 10.0 Å². The Balaban J connectivity index is 1.61. The first kappa shape index (κ1) is 12.1. The molecule has 1 aromatic rings. The van der Waals surface area contributed by atoms with Gasteiger partial charge in [-0.05, 0) is 24.8 Å². The van der Waals surface area contributed by atoms with Crippen LogP contribution in [0.2, 0.25) is 0 Å². The molecule has 0 spiro atoms. The molecule has 0 bridgehead atoms. The third kappa shape index (κ3) is 2.43. The summed E-state index contributed by atoms with van der Waals surface area (Å²) in [6, 6.07) is 1.51. The number of aromatic nitrogens is 2. The molecule has 6 nitrogen and oxygen atoms in total. The third-order valence-electron chi connectivity index (χ3n) is 3.64. The molecule has 1 aliphatic heterocycles. The Bertz CT molecular complexity index is 487. The molecule has 0 unspecified atom stereocenters. The zero-order chi connectivity index (χ0) is 12.6. The van der Waals surface area contributed by atoms with E-state index < -0.39 is 10.0 Å². The van der Waals surface area contributed by atoms with Crippen LogP contribution in [0.4, 0.5) is 0 Å². The molecular weight excluding hydrogens is 252 g/mol. The predicted molar refractivity (Wildman–Crippen MR) is 66.5 cm³/mol. The van der Waals surface area contributed by atoms with Crippen LogP contribution < -0.4 is 0 Å². The standard InChI is InChI=1S/C11H18N4O2S/c16-18(17,11-3-4-12-13-11)15-7-5-14(6-8-15)9-10-1-2-10/h3-4,10H,1-2,5-9H2,(H,12,13). The van der Waals surface area contributed by atoms with Gasteiger partial charge in [0.1, 0.15) is 0 Å². The minimum atomic E-state index is -3.37. The van der Waals surface area contributed by atoms with Crippen LogP contribution >= 0.6 is 0 Å². The fourth-order valence-corrected chi connectivity index (χ4v) is 3.67. The van der Waals surface area contributed by atoms with Gasteiger partial charge in [0, 0.05) is 32.7 Å². The van der Waals surface area contributed by atoms with Crippen LogP contribution in [0.5, 0.6) is 0 Å². The molecule has 7 heteroatoms. The minimum Gasteiger partial charge on any atom is -0.300 e. The van der Waals surface area contributed by atoms with E-state index in [0.717, 1.165) is 25.6 Å². The van der Waals surface area contributed by atoms with Crippen LogP contribution in [0, 0.1) is 5.92 Å². The van der Waals surface area contributed by atoms with Crippen molar-refractivity contribution in [2.24, 2.45) is 5.92 Å². The third-order valence-corrected chi connectivity index (χ3v) is 5.47. The summed E-state index contributed by atoms with van der Waals surface area (Å²) in [5.74, 6) is 0.862. The summed E-state index contributed by atoms with van der Waals surface area (Å²) in [4.78, 5) is 2.37. The number of piperazine rings is 1. The topological polar surface area (TPSA) is 69.3 Å². The Kier molecular flexibility index (Phi) is 3.13. The first-order valence-corrected chi connectivity index (χ1v) is 7.82. The van der Waals surface area contributed by atoms with Crippen molar-refractivity contribution >= 4 is 10.0 Å². The van der Waals surface area contributed by atoms with Crippen LogP contribution in [0.1, 0.15) is 12.8 Å². The van der Waals surface area contributed by atoms with E-state index >= 15 is 0 Å². The SMILES string of the molecule is O=S(=O)(c1ccn[nH]1)N1CCN(CC2CC2)CC1. The molecule has 0 radical (unpaired) electrons. The summed E-state index contributed by atoms with van der Waals surface area (Å²) in [6.45, 7) is 3.97. The lowest BCUT2D eigenvalue weighted by Gasteiger charge is -2.33. The zero-order valence-corrected chi connectivity index (χ0v) is 11.1. The van der Waals surface area contributed by atoms with Gasteiger partial charge in [-0.1, -0.05) is 0 Å². The van der Waals surface area contributed by atoms with E-state index in [1.54, 1.807) is 4.31 Å². The molecule has 2 fully saturated rings. The molecule has 1 aromatic heterocycles. The monoisotopic (exact) mass is 270 g/mol. The van der Waals surface area contributed by atoms with E-state index in [1.807, 2.05) is 0 Å². The number of rotatable bonds is 4. The van der Waals surface area contributed by atoms with E-state index in [4.69, 9.17) is 0 Å². The lowest BCUT2D eigenvalue weighted by molar-refractivity contribution is 0.182. The molecule has 2 heterocycles. The van der Waals surface area contributed by atoms with Gasteiger partial charge in [-0.15, -0.1) is 0 Å². The van der Waals surface area contributed by atoms with E-state index in [0.29, 0.717) is 13.1 Å². The second-order valence-corrected chi connectivity index (χ2v) is 6.98. The summed E-state index contributed by atoms with van der Waals surface area (Å²) >= 11 is 0. The van der Waals surface area contributed by atoms with Gasteiger partial charge in [0.25, 0.3) is 10.0 Å². The second-order valence-electron chi connectivity index (χ2n) is 5.07. The average molecular weight is 270 g/mol. The smallest absolute Gasteiger partial charge is 0.260 e. The zero-order valence-electron chi connectivity index (χ0n) is 10.2. The molecule has 1 saturated carbocycles. The van der Waals surface area contributed by atoms with E-state index in [9.17, 15) is 8.42 Å². The first-order valence-electron chi connectivity index (χ1n) is 6.38. The highest BCUT2D eigenvalue weighted by Gasteiger charge is 2.31. The Hall–Kier alpha value is -0.920. The van der Waals surface area contributed by atoms with Gasteiger partial charge in [0.05, 0.1) is 6.20 Å². The maximum atomic E-state index is 12.2. The molecule has 0 atom stereocenters. The fourth-order valence-electron chi connectivity index (χ4n) is 2.34. The molecule has 1 saturated heterocycles. The molecule has 100 valence electrons. The molecule has 0 aromatic carbocycles. The van der Waals surface area contributed by atoms with Gasteiger partial charge < -0.3 is 4.90 Å². The number of sulfonamides is 1. The summed E-state index contributed by atoms with van der Waals surface area (Å²) in [5, 5.41) is 6.43. The largest absolute Gasteiger partial charge is 0.300 e. The quantitative estimate of drug-likeness (QED) is 0.844. The summed E-state index contributed by atoms with van der Waals surface area (Å²) < 4.78 is 26.0. The Morgan fingerprint density at radius 2 is 2.00 bits per heavy atom. The lowest BCUT2D eigenvalue weighted by atomic mass is 10.3. The maximum absolute atomic E-state index is 12.2. The fraction of sp³-hybridized carbons (Fsp3) is 0.727. The molecule has 1 N–H and O–H groups in total. The number of aromatic amines is 1. The first-order chi connectivity index (χ1) is 8.66. The van der Waals surface area contributed by atoms with Crippen LogP contribution in [0.3, 0.4) is 0 Å². The highest BCUT2D eigenvalue weighted by atomic mass is 32.2. The molecule has 0 amide bonds. The lowest BCUT2D eigenvalue weighted by Crippen LogP contribution is -2.49. The predicted octanol–water partition coefficient (Wildman–Crippen LogP) is 0.126. The number of hydrogen-bond acceptors (Lipinski definition) is 4. The Morgan fingerprint density at radius 1 is 1.28 bits per heavy atom. The molecule has 1 aliphatic carbocycles. The van der Waals surface area contributed by atoms with Crippen molar-refractivity contribution in [1.82, 2.24) is 19.4 Å². The van der Waals surface area contributed by atoms with Gasteiger partial charge in [-0.25, -0.2) is 8.42 Å². The second kappa shape index (κ2) is 4.64. The van der Waals surface area contributed by atoms with Crippen molar-refractivity contribution in [2.45, 2.75) is 17.9 Å². The van der Waals surface area contributed by atoms with Gasteiger partial charge in [-0.2, -0.15) is 9.40 Å². The van der Waals surface area contributed by atoms with Crippen molar-refractivity contribution in [1.29, 1.82) is 0 Å². The molecular formula is C11H18N4O2S. The van der Waals surface area contributed by atoms with Crippen molar-refractivity contribution in [2.75, 3.05) is 32.7 Å². The molecule has 2 aliphatic rings. The summed E-state index contributed by atoms with van der Waals surface area (Å²) in [6.07, 6.45) is 4.15. The van der Waals surface area contributed by atoms with Gasteiger partial charge in [-0.3, -0.25) is 5.10 Å². The minimum absolute atomic E-state index is 0.193. The molecule has 18 heavy (non-hydrogen) atoms. The van der Waals surface area contributed by atoms with Gasteiger partial charge in [0.15, 0.2) is 5.03 Å². The van der Waals surface area contributed by atoms with Gasteiger partial charge in [0.2, 0.25) is 0 Å². The van der Waals surface area contributed by atoms with Crippen LogP contribution in [0.15, 0.2) is 17.3 Å². The normalized spacial score (nSPS) is 23.3. The van der Waals surface area contributed by atoms with Gasteiger partial charge >= 0.3 is 0 Å². The number of hydrogen-bond donors (Lipinski definition) is 1. The van der Waals surface area contributed by atoms with Crippen molar-refractivity contribution in [3.05, 3.63) is 12.3 Å². The summed E-state index contributed by atoms with van der Waals surface area (Å²) in [5.41, 5.74) is 0. The van der Waals surface area contributed by atoms with E-state index in [1.165, 1.54) is 25.1 Å². The molecule has 3 rings (SSSR count). The van der Waals surface area contributed by atoms with Crippen LogP contribution in [-0.4, -0.2) is 60.5 Å². The highest BCUT2D eigenvalue weighted by molar-refractivity contribution is 7.89. The maximum Gasteiger partial charge on any atom is 0.260 e. The van der Waals surface area contributed by atoms with Crippen molar-refractivity contribution in [3.8, 4) is 0 Å². The van der Waals surface area contributed by atoms with E-state index in [-0.39, 0.29) is 5.03 Å². The average Bonchev–Trinajstić information content (AvgIpc) is 2.99. The summed E-state index contributed by atoms with van der Waals surface area (Å²) in [7, 11) is -3.37. The number of H-pyrrole nitrogens is 1. The van der Waals surface area contributed by atoms with E-state index in [2.05, 4.69) is 15.1 Å². The highest BCUT2D eigenvalue weighted by Crippen LogP contribution is 2.30. The Morgan fingerprint density at radius 3 is 2.56 bits per heavy atom. The number of nitrogens with one attached hydrogen (secondary N) is 1. The van der Waals surface area contributed by atoms with Crippen molar-refractivity contribution in [3.63, 3.8) is 0 Å². The van der Waals surface area contributed by atoms with Crippen LogP contribution in [0.25, 0.3) is 0 Å². The number of nitrogens with zero attached hydrogens (tertiary/aromatic N) is 3. The van der Waals surface area contributed by atoms with Crippen molar-refractivity contribution < 1.29 is 8.42 Å².